The summed E-state index contributed by atoms with van der Waals surface area (Å²) in [6, 6.07) is 6.74. The van der Waals surface area contributed by atoms with Gasteiger partial charge in [-0.15, -0.1) is 0 Å². The highest BCUT2D eigenvalue weighted by atomic mass is 16.5. The van der Waals surface area contributed by atoms with Gasteiger partial charge in [-0.25, -0.2) is 0 Å². The molecule has 0 amide bonds. The third kappa shape index (κ3) is 3.47. The lowest BCUT2D eigenvalue weighted by molar-refractivity contribution is 0.298. The third-order valence-electron chi connectivity index (χ3n) is 3.41. The maximum absolute atomic E-state index is 5.90. The Balaban J connectivity index is 1.92. The van der Waals surface area contributed by atoms with Gasteiger partial charge in [-0.05, 0) is 62.6 Å². The van der Waals surface area contributed by atoms with E-state index in [4.69, 9.17) is 10.5 Å². The molecular weight excluding hydrogens is 210 g/mol. The number of aryl methyl sites for hydroxylation is 1. The van der Waals surface area contributed by atoms with Gasteiger partial charge in [-0.1, -0.05) is 12.1 Å². The molecule has 1 atom stereocenters. The normalized spacial score (nSPS) is 16.4. The van der Waals surface area contributed by atoms with Gasteiger partial charge in [0, 0.05) is 6.04 Å². The minimum Gasteiger partial charge on any atom is -0.493 e. The molecule has 2 nitrogen and oxygen atoms in total. The summed E-state index contributed by atoms with van der Waals surface area (Å²) in [5, 5.41) is 0. The van der Waals surface area contributed by atoms with Gasteiger partial charge in [0.2, 0.25) is 0 Å². The van der Waals surface area contributed by atoms with Gasteiger partial charge in [0.05, 0.1) is 6.61 Å². The molecule has 1 aromatic carbocycles. The van der Waals surface area contributed by atoms with E-state index < -0.39 is 0 Å². The van der Waals surface area contributed by atoms with Crippen LogP contribution < -0.4 is 10.5 Å². The molecular formula is C15H23NO. The Morgan fingerprint density at radius 3 is 2.94 bits per heavy atom. The molecule has 17 heavy (non-hydrogen) atoms. The quantitative estimate of drug-likeness (QED) is 0.793. The van der Waals surface area contributed by atoms with Gasteiger partial charge in [0.15, 0.2) is 0 Å². The van der Waals surface area contributed by atoms with E-state index in [0.29, 0.717) is 0 Å². The van der Waals surface area contributed by atoms with Gasteiger partial charge in [-0.3, -0.25) is 0 Å². The molecule has 2 rings (SSSR count). The zero-order valence-corrected chi connectivity index (χ0v) is 10.7. The minimum atomic E-state index is 0.281. The largest absolute Gasteiger partial charge is 0.493 e. The Morgan fingerprint density at radius 1 is 1.29 bits per heavy atom. The lowest BCUT2D eigenvalue weighted by atomic mass is 9.91. The number of nitrogens with two attached hydrogens (primary N) is 1. The maximum atomic E-state index is 5.90. The van der Waals surface area contributed by atoms with Crippen molar-refractivity contribution in [1.82, 2.24) is 0 Å². The molecule has 1 aliphatic rings. The Labute approximate surface area is 104 Å². The van der Waals surface area contributed by atoms with Crippen molar-refractivity contribution in [2.45, 2.75) is 51.5 Å². The molecule has 0 radical (unpaired) electrons. The fourth-order valence-corrected chi connectivity index (χ4v) is 2.47. The fraction of sp³-hybridized carbons (Fsp3) is 0.600. The van der Waals surface area contributed by atoms with Crippen LogP contribution in [-0.2, 0) is 12.8 Å². The molecule has 2 heteroatoms. The summed E-state index contributed by atoms with van der Waals surface area (Å²) >= 11 is 0. The van der Waals surface area contributed by atoms with Crippen molar-refractivity contribution in [2.24, 2.45) is 5.73 Å². The second-order valence-corrected chi connectivity index (χ2v) is 5.07. The van der Waals surface area contributed by atoms with Gasteiger partial charge in [0.25, 0.3) is 0 Å². The van der Waals surface area contributed by atoms with E-state index in [1.807, 2.05) is 6.92 Å². The molecule has 1 aromatic rings. The second kappa shape index (κ2) is 6.06. The van der Waals surface area contributed by atoms with Gasteiger partial charge in [-0.2, -0.15) is 0 Å². The molecule has 1 aliphatic carbocycles. The predicted molar refractivity (Wildman–Crippen MR) is 71.5 cm³/mol. The highest BCUT2D eigenvalue weighted by Gasteiger charge is 2.13. The molecule has 0 heterocycles. The van der Waals surface area contributed by atoms with E-state index in [1.54, 1.807) is 0 Å². The summed E-state index contributed by atoms with van der Waals surface area (Å²) < 4.78 is 5.90. The van der Waals surface area contributed by atoms with Crippen LogP contribution in [0.2, 0.25) is 0 Å². The minimum absolute atomic E-state index is 0.281. The summed E-state index contributed by atoms with van der Waals surface area (Å²) in [5.74, 6) is 1.10. The van der Waals surface area contributed by atoms with Crippen LogP contribution in [-0.4, -0.2) is 12.6 Å². The number of hydrogen-bond donors (Lipinski definition) is 1. The summed E-state index contributed by atoms with van der Waals surface area (Å²) in [7, 11) is 0. The smallest absolute Gasteiger partial charge is 0.122 e. The molecule has 0 aromatic heterocycles. The Hall–Kier alpha value is -1.02. The molecule has 0 fully saturated rings. The first-order valence-corrected chi connectivity index (χ1v) is 6.76. The molecule has 0 saturated carbocycles. The van der Waals surface area contributed by atoms with Crippen LogP contribution in [0.1, 0.15) is 43.7 Å². The van der Waals surface area contributed by atoms with Crippen molar-refractivity contribution >= 4 is 0 Å². The average Bonchev–Trinajstić information content (AvgIpc) is 2.34. The second-order valence-electron chi connectivity index (χ2n) is 5.07. The van der Waals surface area contributed by atoms with Crippen LogP contribution in [0, 0.1) is 0 Å². The van der Waals surface area contributed by atoms with E-state index in [1.165, 1.54) is 36.8 Å². The molecule has 0 aliphatic heterocycles. The standard InChI is InChI=1S/C15H23NO/c1-12(16)6-5-11-17-15-10-4-8-13-7-2-3-9-14(13)15/h4,8,10,12H,2-3,5-7,9,11,16H2,1H3. The zero-order valence-electron chi connectivity index (χ0n) is 10.7. The molecule has 2 N–H and O–H groups in total. The van der Waals surface area contributed by atoms with Gasteiger partial charge in [0.1, 0.15) is 5.75 Å². The summed E-state index contributed by atoms with van der Waals surface area (Å²) in [6.45, 7) is 2.84. The number of ether oxygens (including phenoxy) is 1. The number of rotatable bonds is 5. The van der Waals surface area contributed by atoms with Crippen LogP contribution in [0.3, 0.4) is 0 Å². The molecule has 0 bridgehead atoms. The highest BCUT2D eigenvalue weighted by Crippen LogP contribution is 2.29. The monoisotopic (exact) mass is 233 g/mol. The highest BCUT2D eigenvalue weighted by molar-refractivity contribution is 5.41. The van der Waals surface area contributed by atoms with Crippen molar-refractivity contribution in [1.29, 1.82) is 0 Å². The van der Waals surface area contributed by atoms with Gasteiger partial charge >= 0.3 is 0 Å². The van der Waals surface area contributed by atoms with E-state index >= 15 is 0 Å². The van der Waals surface area contributed by atoms with E-state index in [2.05, 4.69) is 18.2 Å². The molecule has 1 unspecified atom stereocenters. The van der Waals surface area contributed by atoms with Crippen molar-refractivity contribution in [3.8, 4) is 5.75 Å². The van der Waals surface area contributed by atoms with Crippen molar-refractivity contribution in [3.63, 3.8) is 0 Å². The first-order valence-electron chi connectivity index (χ1n) is 6.76. The SMILES string of the molecule is CC(N)CCCOc1cccc2c1CCCC2. The first kappa shape index (κ1) is 12.4. The first-order chi connectivity index (χ1) is 8.27. The number of benzene rings is 1. The Kier molecular flexibility index (Phi) is 4.43. The summed E-state index contributed by atoms with van der Waals surface area (Å²) in [5.41, 5.74) is 8.66. The van der Waals surface area contributed by atoms with Gasteiger partial charge < -0.3 is 10.5 Å². The maximum Gasteiger partial charge on any atom is 0.122 e. The van der Waals surface area contributed by atoms with Crippen LogP contribution in [0.5, 0.6) is 5.75 Å². The average molecular weight is 233 g/mol. The van der Waals surface area contributed by atoms with E-state index in [9.17, 15) is 0 Å². The Morgan fingerprint density at radius 2 is 2.12 bits per heavy atom. The van der Waals surface area contributed by atoms with Crippen molar-refractivity contribution < 1.29 is 4.74 Å². The summed E-state index contributed by atoms with van der Waals surface area (Å²) in [6.07, 6.45) is 7.09. The predicted octanol–water partition coefficient (Wildman–Crippen LogP) is 3.07. The number of hydrogen-bond acceptors (Lipinski definition) is 2. The zero-order chi connectivity index (χ0) is 12.1. The van der Waals surface area contributed by atoms with Crippen LogP contribution in [0.4, 0.5) is 0 Å². The lowest BCUT2D eigenvalue weighted by Crippen LogP contribution is -2.16. The van der Waals surface area contributed by atoms with Crippen LogP contribution in [0.25, 0.3) is 0 Å². The fourth-order valence-electron chi connectivity index (χ4n) is 2.47. The molecule has 0 spiro atoms. The third-order valence-corrected chi connectivity index (χ3v) is 3.41. The van der Waals surface area contributed by atoms with E-state index in [0.717, 1.165) is 25.2 Å². The van der Waals surface area contributed by atoms with Crippen molar-refractivity contribution in [2.75, 3.05) is 6.61 Å². The topological polar surface area (TPSA) is 35.2 Å². The van der Waals surface area contributed by atoms with E-state index in [-0.39, 0.29) is 6.04 Å². The lowest BCUT2D eigenvalue weighted by Gasteiger charge is -2.19. The Bertz CT molecular complexity index is 360. The number of fused-ring (bicyclic) bond motifs is 1. The molecule has 0 saturated heterocycles. The summed E-state index contributed by atoms with van der Waals surface area (Å²) in [4.78, 5) is 0. The van der Waals surface area contributed by atoms with Crippen molar-refractivity contribution in [3.05, 3.63) is 29.3 Å². The molecule has 94 valence electrons. The van der Waals surface area contributed by atoms with Crippen LogP contribution >= 0.6 is 0 Å². The van der Waals surface area contributed by atoms with Crippen LogP contribution in [0.15, 0.2) is 18.2 Å².